The predicted octanol–water partition coefficient (Wildman–Crippen LogP) is 3.96. The van der Waals surface area contributed by atoms with Gasteiger partial charge in [-0.05, 0) is 45.6 Å². The van der Waals surface area contributed by atoms with Gasteiger partial charge in [-0.15, -0.1) is 0 Å². The lowest BCUT2D eigenvalue weighted by Gasteiger charge is -2.23. The van der Waals surface area contributed by atoms with E-state index in [1.54, 1.807) is 6.21 Å². The van der Waals surface area contributed by atoms with Crippen molar-refractivity contribution in [1.29, 1.82) is 0 Å². The third kappa shape index (κ3) is 5.07. The zero-order chi connectivity index (χ0) is 18.2. The standard InChI is InChI=1S/C21H29N3O/c1-5-24(6-2)19-13-12-18(21(25)14-19)15-22-16-20(23(3)4)17-10-8-7-9-11-17/h7-15,20,25H,5-6,16H2,1-4H3/t20-/m0/s1. The molecule has 2 aromatic rings. The van der Waals surface area contributed by atoms with Crippen LogP contribution in [0.4, 0.5) is 5.69 Å². The van der Waals surface area contributed by atoms with E-state index in [1.165, 1.54) is 5.56 Å². The second-order valence-electron chi connectivity index (χ2n) is 6.30. The molecule has 4 nitrogen and oxygen atoms in total. The van der Waals surface area contributed by atoms with Gasteiger partial charge in [0.05, 0.1) is 12.6 Å². The topological polar surface area (TPSA) is 39.1 Å². The number of hydrogen-bond acceptors (Lipinski definition) is 4. The summed E-state index contributed by atoms with van der Waals surface area (Å²) < 4.78 is 0. The highest BCUT2D eigenvalue weighted by atomic mass is 16.3. The van der Waals surface area contributed by atoms with Crippen molar-refractivity contribution in [3.8, 4) is 5.75 Å². The van der Waals surface area contributed by atoms with Crippen molar-refractivity contribution in [1.82, 2.24) is 4.90 Å². The molecule has 0 radical (unpaired) electrons. The molecule has 0 aliphatic heterocycles. The highest BCUT2D eigenvalue weighted by Gasteiger charge is 2.12. The Kier molecular flexibility index (Phi) is 7.02. The first-order chi connectivity index (χ1) is 12.1. The summed E-state index contributed by atoms with van der Waals surface area (Å²) in [7, 11) is 4.12. The predicted molar refractivity (Wildman–Crippen MR) is 107 cm³/mol. The van der Waals surface area contributed by atoms with Gasteiger partial charge in [-0.2, -0.15) is 0 Å². The number of hydrogen-bond donors (Lipinski definition) is 1. The molecule has 134 valence electrons. The number of aromatic hydroxyl groups is 1. The summed E-state index contributed by atoms with van der Waals surface area (Å²) in [5.41, 5.74) is 3.03. The van der Waals surface area contributed by atoms with Crippen LogP contribution in [0.25, 0.3) is 0 Å². The minimum atomic E-state index is 0.217. The molecule has 0 saturated carbocycles. The zero-order valence-corrected chi connectivity index (χ0v) is 15.7. The maximum Gasteiger partial charge on any atom is 0.126 e. The molecule has 1 atom stereocenters. The van der Waals surface area contributed by atoms with Crippen LogP contribution < -0.4 is 4.90 Å². The smallest absolute Gasteiger partial charge is 0.126 e. The molecule has 1 N–H and O–H groups in total. The van der Waals surface area contributed by atoms with Crippen molar-refractivity contribution in [2.24, 2.45) is 4.99 Å². The van der Waals surface area contributed by atoms with Gasteiger partial charge in [-0.3, -0.25) is 4.99 Å². The molecule has 0 unspecified atom stereocenters. The molecule has 4 heteroatoms. The molecule has 0 saturated heterocycles. The minimum Gasteiger partial charge on any atom is -0.507 e. The average Bonchev–Trinajstić information content (AvgIpc) is 2.61. The number of aliphatic imine (C=N–C) groups is 1. The Hall–Kier alpha value is -2.33. The molecule has 2 rings (SSSR count). The van der Waals surface area contributed by atoms with Crippen molar-refractivity contribution < 1.29 is 5.11 Å². The normalized spacial score (nSPS) is 12.7. The summed E-state index contributed by atoms with van der Waals surface area (Å²) in [6.07, 6.45) is 1.76. The summed E-state index contributed by atoms with van der Waals surface area (Å²) in [6, 6.07) is 16.4. The van der Waals surface area contributed by atoms with E-state index >= 15 is 0 Å². The summed E-state index contributed by atoms with van der Waals surface area (Å²) in [6.45, 7) is 6.71. The fraction of sp³-hybridized carbons (Fsp3) is 0.381. The van der Waals surface area contributed by atoms with Gasteiger partial charge >= 0.3 is 0 Å². The Morgan fingerprint density at radius 1 is 1.04 bits per heavy atom. The SMILES string of the molecule is CCN(CC)c1ccc(C=NC[C@@H](c2ccccc2)N(C)C)c(O)c1. The third-order valence-corrected chi connectivity index (χ3v) is 4.46. The molecular weight excluding hydrogens is 310 g/mol. The van der Waals surface area contributed by atoms with Crippen molar-refractivity contribution in [2.75, 3.05) is 38.6 Å². The first-order valence-corrected chi connectivity index (χ1v) is 8.86. The number of phenols is 1. The maximum absolute atomic E-state index is 10.3. The van der Waals surface area contributed by atoms with Crippen molar-refractivity contribution in [2.45, 2.75) is 19.9 Å². The highest BCUT2D eigenvalue weighted by molar-refractivity contribution is 5.84. The average molecular weight is 339 g/mol. The monoisotopic (exact) mass is 339 g/mol. The largest absolute Gasteiger partial charge is 0.507 e. The van der Waals surface area contributed by atoms with Crippen LogP contribution in [0.5, 0.6) is 5.75 Å². The molecule has 0 aliphatic rings. The second-order valence-corrected chi connectivity index (χ2v) is 6.30. The molecule has 0 aromatic heterocycles. The fourth-order valence-electron chi connectivity index (χ4n) is 2.92. The van der Waals surface area contributed by atoms with Gasteiger partial charge in [-0.25, -0.2) is 0 Å². The number of nitrogens with zero attached hydrogens (tertiary/aromatic N) is 3. The van der Waals surface area contributed by atoms with Crippen molar-refractivity contribution in [3.63, 3.8) is 0 Å². The summed E-state index contributed by atoms with van der Waals surface area (Å²) in [5, 5.41) is 10.3. The Labute approximate surface area is 151 Å². The van der Waals surface area contributed by atoms with Crippen LogP contribution >= 0.6 is 0 Å². The van der Waals surface area contributed by atoms with Gasteiger partial charge in [0, 0.05) is 36.6 Å². The molecular formula is C21H29N3O. The van der Waals surface area contributed by atoms with E-state index in [4.69, 9.17) is 0 Å². The molecule has 0 bridgehead atoms. The van der Waals surface area contributed by atoms with Gasteiger partial charge in [0.15, 0.2) is 0 Å². The number of benzene rings is 2. The van der Waals surface area contributed by atoms with E-state index in [2.05, 4.69) is 54.9 Å². The maximum atomic E-state index is 10.3. The van der Waals surface area contributed by atoms with E-state index in [9.17, 15) is 5.11 Å². The van der Waals surface area contributed by atoms with E-state index in [0.717, 1.165) is 24.3 Å². The van der Waals surface area contributed by atoms with Crippen LogP contribution in [0, 0.1) is 0 Å². The number of phenolic OH excluding ortho intramolecular Hbond substituents is 1. The summed E-state index contributed by atoms with van der Waals surface area (Å²) in [4.78, 5) is 8.94. The van der Waals surface area contributed by atoms with Gasteiger partial charge in [0.25, 0.3) is 0 Å². The van der Waals surface area contributed by atoms with Crippen LogP contribution in [-0.2, 0) is 0 Å². The molecule has 0 spiro atoms. The van der Waals surface area contributed by atoms with Crippen LogP contribution in [0.1, 0.15) is 31.0 Å². The lowest BCUT2D eigenvalue weighted by molar-refractivity contribution is 0.307. The van der Waals surface area contributed by atoms with Crippen LogP contribution in [0.3, 0.4) is 0 Å². The Morgan fingerprint density at radius 3 is 2.28 bits per heavy atom. The molecule has 0 aliphatic carbocycles. The molecule has 0 heterocycles. The number of rotatable bonds is 8. The van der Waals surface area contributed by atoms with Crippen molar-refractivity contribution >= 4 is 11.9 Å². The molecule has 0 amide bonds. The van der Waals surface area contributed by atoms with Gasteiger partial charge in [0.2, 0.25) is 0 Å². The third-order valence-electron chi connectivity index (χ3n) is 4.46. The van der Waals surface area contributed by atoms with E-state index in [0.29, 0.717) is 6.54 Å². The Bertz CT molecular complexity index is 679. The fourth-order valence-corrected chi connectivity index (χ4v) is 2.92. The highest BCUT2D eigenvalue weighted by Crippen LogP contribution is 2.24. The minimum absolute atomic E-state index is 0.217. The van der Waals surface area contributed by atoms with Crippen LogP contribution in [0.2, 0.25) is 0 Å². The van der Waals surface area contributed by atoms with Gasteiger partial charge < -0.3 is 14.9 Å². The first-order valence-electron chi connectivity index (χ1n) is 8.86. The molecule has 2 aromatic carbocycles. The number of anilines is 1. The lowest BCUT2D eigenvalue weighted by Crippen LogP contribution is -2.22. The van der Waals surface area contributed by atoms with Crippen LogP contribution in [-0.4, -0.2) is 50.0 Å². The lowest BCUT2D eigenvalue weighted by atomic mass is 10.1. The van der Waals surface area contributed by atoms with E-state index in [1.807, 2.05) is 36.4 Å². The first kappa shape index (κ1) is 19.0. The Balaban J connectivity index is 2.10. The molecule has 0 fully saturated rings. The van der Waals surface area contributed by atoms with Gasteiger partial charge in [0.1, 0.15) is 5.75 Å². The quantitative estimate of drug-likeness (QED) is 0.740. The summed E-state index contributed by atoms with van der Waals surface area (Å²) in [5.74, 6) is 0.272. The zero-order valence-electron chi connectivity index (χ0n) is 15.7. The van der Waals surface area contributed by atoms with Gasteiger partial charge in [-0.1, -0.05) is 30.3 Å². The summed E-state index contributed by atoms with van der Waals surface area (Å²) >= 11 is 0. The molecule has 25 heavy (non-hydrogen) atoms. The van der Waals surface area contributed by atoms with E-state index < -0.39 is 0 Å². The van der Waals surface area contributed by atoms with Crippen LogP contribution in [0.15, 0.2) is 53.5 Å². The van der Waals surface area contributed by atoms with E-state index in [-0.39, 0.29) is 11.8 Å². The second kappa shape index (κ2) is 9.23. The Morgan fingerprint density at radius 2 is 1.72 bits per heavy atom. The number of likely N-dealkylation sites (N-methyl/N-ethyl adjacent to an activating group) is 1. The van der Waals surface area contributed by atoms with Crippen molar-refractivity contribution in [3.05, 3.63) is 59.7 Å².